The van der Waals surface area contributed by atoms with Crippen molar-refractivity contribution < 1.29 is 9.53 Å². The van der Waals surface area contributed by atoms with Crippen LogP contribution in [0, 0.1) is 6.92 Å². The molecule has 1 N–H and O–H groups in total. The number of aromatic nitrogens is 4. The molecule has 1 atom stereocenters. The highest BCUT2D eigenvalue weighted by Crippen LogP contribution is 2.25. The summed E-state index contributed by atoms with van der Waals surface area (Å²) in [6.07, 6.45) is 2.50. The van der Waals surface area contributed by atoms with Crippen molar-refractivity contribution in [3.05, 3.63) is 22.2 Å². The minimum absolute atomic E-state index is 0.192. The minimum atomic E-state index is -0.560. The summed E-state index contributed by atoms with van der Waals surface area (Å²) in [7, 11) is 0. The average molecular weight is 388 g/mol. The standard InChI is InChI=1S/C19H28N6O3/c1-6-20-17-22-12(2)15-16(23-17)25(14(26)10-21-15)13-8-7-9-24(11-13)18(27)28-19(3,4)5/h10,13H,6-9,11H2,1-5H3,(H,20,22,23). The summed E-state index contributed by atoms with van der Waals surface area (Å²) in [5.41, 5.74) is 0.996. The van der Waals surface area contributed by atoms with E-state index in [-0.39, 0.29) is 17.7 Å². The highest BCUT2D eigenvalue weighted by Gasteiger charge is 2.30. The third kappa shape index (κ3) is 4.23. The van der Waals surface area contributed by atoms with Crippen molar-refractivity contribution in [1.82, 2.24) is 24.4 Å². The normalized spacial score (nSPS) is 17.6. The van der Waals surface area contributed by atoms with Crippen LogP contribution in [-0.4, -0.2) is 55.7 Å². The van der Waals surface area contributed by atoms with Crippen LogP contribution in [0.4, 0.5) is 10.7 Å². The minimum Gasteiger partial charge on any atom is -0.444 e. The molecule has 1 amide bonds. The molecule has 1 aliphatic rings. The Balaban J connectivity index is 1.99. The average Bonchev–Trinajstić information content (AvgIpc) is 2.60. The van der Waals surface area contributed by atoms with Crippen LogP contribution >= 0.6 is 0 Å². The molecule has 152 valence electrons. The Morgan fingerprint density at radius 3 is 2.79 bits per heavy atom. The fourth-order valence-electron chi connectivity index (χ4n) is 3.41. The first-order valence-electron chi connectivity index (χ1n) is 9.67. The Hall–Kier alpha value is -2.71. The molecular weight excluding hydrogens is 360 g/mol. The summed E-state index contributed by atoms with van der Waals surface area (Å²) in [4.78, 5) is 40.1. The molecule has 2 aromatic rings. The molecule has 1 aliphatic heterocycles. The maximum Gasteiger partial charge on any atom is 0.410 e. The number of ether oxygens (including phenoxy) is 1. The van der Waals surface area contributed by atoms with E-state index in [9.17, 15) is 9.59 Å². The number of hydrogen-bond donors (Lipinski definition) is 1. The van der Waals surface area contributed by atoms with Crippen LogP contribution in [-0.2, 0) is 4.74 Å². The smallest absolute Gasteiger partial charge is 0.410 e. The molecule has 0 spiro atoms. The van der Waals surface area contributed by atoms with Gasteiger partial charge in [-0.2, -0.15) is 4.98 Å². The van der Waals surface area contributed by atoms with Gasteiger partial charge < -0.3 is 15.0 Å². The number of piperidine rings is 1. The van der Waals surface area contributed by atoms with E-state index in [1.165, 1.54) is 6.20 Å². The van der Waals surface area contributed by atoms with Gasteiger partial charge in [-0.15, -0.1) is 0 Å². The van der Waals surface area contributed by atoms with E-state index in [0.717, 1.165) is 12.8 Å². The molecule has 0 bridgehead atoms. The molecule has 9 nitrogen and oxygen atoms in total. The highest BCUT2D eigenvalue weighted by molar-refractivity contribution is 5.74. The van der Waals surface area contributed by atoms with Crippen LogP contribution in [0.15, 0.2) is 11.0 Å². The third-order valence-corrected chi connectivity index (χ3v) is 4.56. The number of nitrogens with one attached hydrogen (secondary N) is 1. The van der Waals surface area contributed by atoms with Crippen molar-refractivity contribution >= 4 is 23.2 Å². The van der Waals surface area contributed by atoms with Gasteiger partial charge in [-0.05, 0) is 47.5 Å². The van der Waals surface area contributed by atoms with E-state index >= 15 is 0 Å². The zero-order valence-corrected chi connectivity index (χ0v) is 17.2. The van der Waals surface area contributed by atoms with Crippen LogP contribution in [0.1, 0.15) is 52.3 Å². The Morgan fingerprint density at radius 1 is 1.36 bits per heavy atom. The van der Waals surface area contributed by atoms with Gasteiger partial charge in [0, 0.05) is 19.6 Å². The highest BCUT2D eigenvalue weighted by atomic mass is 16.6. The first-order chi connectivity index (χ1) is 13.2. The molecule has 9 heteroatoms. The molecular formula is C19H28N6O3. The van der Waals surface area contributed by atoms with Crippen LogP contribution in [0.5, 0.6) is 0 Å². The second kappa shape index (κ2) is 7.73. The Morgan fingerprint density at radius 2 is 2.11 bits per heavy atom. The third-order valence-electron chi connectivity index (χ3n) is 4.56. The van der Waals surface area contributed by atoms with Crippen LogP contribution in [0.3, 0.4) is 0 Å². The molecule has 1 saturated heterocycles. The maximum atomic E-state index is 12.7. The van der Waals surface area contributed by atoms with Crippen LogP contribution in [0.2, 0.25) is 0 Å². The summed E-state index contributed by atoms with van der Waals surface area (Å²) in [5.74, 6) is 0.466. The predicted molar refractivity (Wildman–Crippen MR) is 107 cm³/mol. The van der Waals surface area contributed by atoms with E-state index in [1.54, 1.807) is 9.47 Å². The SMILES string of the molecule is CCNc1nc(C)c2ncc(=O)n(C3CCCN(C(=O)OC(C)(C)C)C3)c2n1. The van der Waals surface area contributed by atoms with Crippen molar-refractivity contribution in [2.24, 2.45) is 0 Å². The number of rotatable bonds is 3. The summed E-state index contributed by atoms with van der Waals surface area (Å²) in [6, 6.07) is -0.192. The fourth-order valence-corrected chi connectivity index (χ4v) is 3.41. The van der Waals surface area contributed by atoms with Gasteiger partial charge in [0.2, 0.25) is 5.95 Å². The van der Waals surface area contributed by atoms with E-state index in [2.05, 4.69) is 20.3 Å². The van der Waals surface area contributed by atoms with E-state index in [1.807, 2.05) is 34.6 Å². The number of fused-ring (bicyclic) bond motifs is 1. The number of carbonyl (C=O) groups is 1. The van der Waals surface area contributed by atoms with Crippen molar-refractivity contribution in [2.75, 3.05) is 25.0 Å². The van der Waals surface area contributed by atoms with E-state index < -0.39 is 5.60 Å². The van der Waals surface area contributed by atoms with Gasteiger partial charge >= 0.3 is 6.09 Å². The van der Waals surface area contributed by atoms with Gasteiger partial charge in [0.15, 0.2) is 5.65 Å². The molecule has 0 aliphatic carbocycles. The summed E-state index contributed by atoms with van der Waals surface area (Å²) < 4.78 is 7.15. The summed E-state index contributed by atoms with van der Waals surface area (Å²) in [6.45, 7) is 11.0. The van der Waals surface area contributed by atoms with E-state index in [4.69, 9.17) is 4.74 Å². The van der Waals surface area contributed by atoms with Gasteiger partial charge in [-0.1, -0.05) is 0 Å². The monoisotopic (exact) mass is 388 g/mol. The van der Waals surface area contributed by atoms with Gasteiger partial charge in [-0.3, -0.25) is 9.36 Å². The van der Waals surface area contributed by atoms with Gasteiger partial charge in [0.05, 0.1) is 17.9 Å². The zero-order chi connectivity index (χ0) is 20.5. The second-order valence-electron chi connectivity index (χ2n) is 8.02. The predicted octanol–water partition coefficient (Wildman–Crippen LogP) is 2.50. The van der Waals surface area contributed by atoms with Crippen molar-refractivity contribution in [3.8, 4) is 0 Å². The zero-order valence-electron chi connectivity index (χ0n) is 17.2. The molecule has 0 aromatic carbocycles. The summed E-state index contributed by atoms with van der Waals surface area (Å²) >= 11 is 0. The Labute approximate surface area is 164 Å². The number of likely N-dealkylation sites (tertiary alicyclic amines) is 1. The van der Waals surface area contributed by atoms with Crippen LogP contribution in [0.25, 0.3) is 11.2 Å². The van der Waals surface area contributed by atoms with Gasteiger partial charge in [-0.25, -0.2) is 14.8 Å². The lowest BCUT2D eigenvalue weighted by Gasteiger charge is -2.35. The molecule has 3 heterocycles. The molecule has 0 radical (unpaired) electrons. The van der Waals surface area contributed by atoms with Crippen molar-refractivity contribution in [1.29, 1.82) is 0 Å². The number of carbonyl (C=O) groups excluding carboxylic acids is 1. The number of amides is 1. The lowest BCUT2D eigenvalue weighted by Crippen LogP contribution is -2.45. The topological polar surface area (TPSA) is 102 Å². The van der Waals surface area contributed by atoms with Crippen molar-refractivity contribution in [3.63, 3.8) is 0 Å². The number of aryl methyl sites for hydroxylation is 1. The largest absolute Gasteiger partial charge is 0.444 e. The molecule has 0 saturated carbocycles. The van der Waals surface area contributed by atoms with Crippen LogP contribution < -0.4 is 10.9 Å². The number of hydrogen-bond acceptors (Lipinski definition) is 7. The first-order valence-corrected chi connectivity index (χ1v) is 9.67. The fraction of sp³-hybridized carbons (Fsp3) is 0.632. The Bertz CT molecular complexity index is 934. The molecule has 3 rings (SSSR count). The second-order valence-corrected chi connectivity index (χ2v) is 8.02. The molecule has 2 aromatic heterocycles. The van der Waals surface area contributed by atoms with Crippen molar-refractivity contribution in [2.45, 2.75) is 59.1 Å². The molecule has 1 fully saturated rings. The number of anilines is 1. The molecule has 28 heavy (non-hydrogen) atoms. The maximum absolute atomic E-state index is 12.7. The summed E-state index contributed by atoms with van der Waals surface area (Å²) in [5, 5.41) is 3.09. The lowest BCUT2D eigenvalue weighted by atomic mass is 10.1. The first kappa shape index (κ1) is 20.0. The number of nitrogens with zero attached hydrogens (tertiary/aromatic N) is 5. The quantitative estimate of drug-likeness (QED) is 0.862. The van der Waals surface area contributed by atoms with E-state index in [0.29, 0.717) is 42.4 Å². The van der Waals surface area contributed by atoms with Gasteiger partial charge in [0.1, 0.15) is 11.1 Å². The lowest BCUT2D eigenvalue weighted by molar-refractivity contribution is 0.0172. The van der Waals surface area contributed by atoms with Gasteiger partial charge in [0.25, 0.3) is 5.56 Å². The Kier molecular flexibility index (Phi) is 5.53. The molecule has 1 unspecified atom stereocenters.